The van der Waals surface area contributed by atoms with Gasteiger partial charge in [-0.2, -0.15) is 0 Å². The molecule has 0 bridgehead atoms. The minimum Gasteiger partial charge on any atom is -0.350 e. The lowest BCUT2D eigenvalue weighted by atomic mass is 9.84. The average Bonchev–Trinajstić information content (AvgIpc) is 2.53. The second kappa shape index (κ2) is 7.44. The fourth-order valence-electron chi connectivity index (χ4n) is 2.79. The molecule has 1 saturated carbocycles. The molecule has 3 heteroatoms. The van der Waals surface area contributed by atoms with Crippen LogP contribution in [0.2, 0.25) is 0 Å². The zero-order valence-corrected chi connectivity index (χ0v) is 12.6. The molecular weight excluding hydrogens is 248 g/mol. The lowest BCUT2D eigenvalue weighted by Gasteiger charge is -2.22. The van der Waals surface area contributed by atoms with Crippen LogP contribution in [0, 0.1) is 0 Å². The van der Waals surface area contributed by atoms with Gasteiger partial charge in [0.15, 0.2) is 0 Å². The maximum absolute atomic E-state index is 12.0. The Bertz CT molecular complexity index is 421. The SMILES string of the molecule is CNC(C)CNC(=O)c1ccc(C2CCCCC2)cc1. The Labute approximate surface area is 122 Å². The summed E-state index contributed by atoms with van der Waals surface area (Å²) in [6, 6.07) is 8.48. The predicted octanol–water partition coefficient (Wildman–Crippen LogP) is 3.07. The number of rotatable bonds is 5. The molecule has 0 aromatic heterocycles. The molecule has 1 aromatic rings. The number of amides is 1. The Morgan fingerprint density at radius 2 is 1.85 bits per heavy atom. The molecule has 1 aromatic carbocycles. The molecule has 1 atom stereocenters. The van der Waals surface area contributed by atoms with Crippen LogP contribution >= 0.6 is 0 Å². The normalized spacial score (nSPS) is 17.7. The van der Waals surface area contributed by atoms with Crippen LogP contribution in [0.4, 0.5) is 0 Å². The number of likely N-dealkylation sites (N-methyl/N-ethyl adjacent to an activating group) is 1. The van der Waals surface area contributed by atoms with Crippen LogP contribution in [0.1, 0.15) is 60.9 Å². The van der Waals surface area contributed by atoms with Gasteiger partial charge in [-0.25, -0.2) is 0 Å². The summed E-state index contributed by atoms with van der Waals surface area (Å²) in [5.74, 6) is 0.715. The van der Waals surface area contributed by atoms with E-state index in [1.807, 2.05) is 26.1 Å². The summed E-state index contributed by atoms with van der Waals surface area (Å²) < 4.78 is 0. The minimum atomic E-state index is 0.0160. The first kappa shape index (κ1) is 15.0. The van der Waals surface area contributed by atoms with Crippen LogP contribution in [-0.2, 0) is 0 Å². The van der Waals surface area contributed by atoms with Crippen LogP contribution in [-0.4, -0.2) is 25.5 Å². The Balaban J connectivity index is 1.91. The summed E-state index contributed by atoms with van der Waals surface area (Å²) in [7, 11) is 1.90. The van der Waals surface area contributed by atoms with E-state index >= 15 is 0 Å². The Morgan fingerprint density at radius 3 is 2.45 bits per heavy atom. The summed E-state index contributed by atoms with van der Waals surface area (Å²) >= 11 is 0. The third kappa shape index (κ3) is 4.07. The second-order valence-corrected chi connectivity index (χ2v) is 5.86. The van der Waals surface area contributed by atoms with E-state index < -0.39 is 0 Å². The van der Waals surface area contributed by atoms with E-state index in [4.69, 9.17) is 0 Å². The van der Waals surface area contributed by atoms with Gasteiger partial charge in [-0.05, 0) is 50.4 Å². The van der Waals surface area contributed by atoms with E-state index in [0.29, 0.717) is 18.5 Å². The van der Waals surface area contributed by atoms with Crippen molar-refractivity contribution < 1.29 is 4.79 Å². The number of hydrogen-bond donors (Lipinski definition) is 2. The number of carbonyl (C=O) groups excluding carboxylic acids is 1. The van der Waals surface area contributed by atoms with Crippen molar-refractivity contribution in [3.63, 3.8) is 0 Å². The molecule has 3 nitrogen and oxygen atoms in total. The monoisotopic (exact) mass is 274 g/mol. The number of carbonyl (C=O) groups is 1. The smallest absolute Gasteiger partial charge is 0.251 e. The summed E-state index contributed by atoms with van der Waals surface area (Å²) in [5, 5.41) is 6.06. The predicted molar refractivity (Wildman–Crippen MR) is 83.1 cm³/mol. The van der Waals surface area contributed by atoms with Crippen molar-refractivity contribution in [2.45, 2.75) is 51.0 Å². The fraction of sp³-hybridized carbons (Fsp3) is 0.588. The van der Waals surface area contributed by atoms with Crippen molar-refractivity contribution in [3.8, 4) is 0 Å². The first-order valence-corrected chi connectivity index (χ1v) is 7.76. The van der Waals surface area contributed by atoms with Crippen LogP contribution in [0.3, 0.4) is 0 Å². The van der Waals surface area contributed by atoms with Gasteiger partial charge in [0.05, 0.1) is 0 Å². The van der Waals surface area contributed by atoms with Gasteiger partial charge in [-0.3, -0.25) is 4.79 Å². The summed E-state index contributed by atoms with van der Waals surface area (Å²) in [6.07, 6.45) is 6.65. The Morgan fingerprint density at radius 1 is 1.20 bits per heavy atom. The highest BCUT2D eigenvalue weighted by atomic mass is 16.1. The van der Waals surface area contributed by atoms with Crippen molar-refractivity contribution >= 4 is 5.91 Å². The highest BCUT2D eigenvalue weighted by Crippen LogP contribution is 2.32. The lowest BCUT2D eigenvalue weighted by Crippen LogP contribution is -2.37. The summed E-state index contributed by atoms with van der Waals surface area (Å²) in [4.78, 5) is 12.0. The van der Waals surface area contributed by atoms with Crippen molar-refractivity contribution in [2.24, 2.45) is 0 Å². The summed E-state index contributed by atoms with van der Waals surface area (Å²) in [6.45, 7) is 2.70. The quantitative estimate of drug-likeness (QED) is 0.866. The third-order valence-corrected chi connectivity index (χ3v) is 4.31. The first-order valence-electron chi connectivity index (χ1n) is 7.76. The van der Waals surface area contributed by atoms with Gasteiger partial charge >= 0.3 is 0 Å². The molecule has 0 radical (unpaired) electrons. The largest absolute Gasteiger partial charge is 0.350 e. The molecule has 110 valence electrons. The van der Waals surface area contributed by atoms with E-state index in [-0.39, 0.29) is 5.91 Å². The zero-order valence-electron chi connectivity index (χ0n) is 12.6. The van der Waals surface area contributed by atoms with E-state index in [1.54, 1.807) is 0 Å². The topological polar surface area (TPSA) is 41.1 Å². The maximum atomic E-state index is 12.0. The third-order valence-electron chi connectivity index (χ3n) is 4.31. The molecule has 2 N–H and O–H groups in total. The molecule has 1 aliphatic carbocycles. The van der Waals surface area contributed by atoms with Gasteiger partial charge < -0.3 is 10.6 Å². The average molecular weight is 274 g/mol. The summed E-state index contributed by atoms with van der Waals surface area (Å²) in [5.41, 5.74) is 2.15. The van der Waals surface area contributed by atoms with Crippen LogP contribution in [0.25, 0.3) is 0 Å². The number of benzene rings is 1. The molecule has 2 rings (SSSR count). The molecule has 0 aliphatic heterocycles. The lowest BCUT2D eigenvalue weighted by molar-refractivity contribution is 0.0950. The maximum Gasteiger partial charge on any atom is 0.251 e. The van der Waals surface area contributed by atoms with E-state index in [1.165, 1.54) is 37.7 Å². The highest BCUT2D eigenvalue weighted by molar-refractivity contribution is 5.94. The highest BCUT2D eigenvalue weighted by Gasteiger charge is 2.15. The zero-order chi connectivity index (χ0) is 14.4. The molecule has 1 amide bonds. The van der Waals surface area contributed by atoms with Crippen molar-refractivity contribution in [1.82, 2.24) is 10.6 Å². The van der Waals surface area contributed by atoms with Crippen LogP contribution in [0.15, 0.2) is 24.3 Å². The van der Waals surface area contributed by atoms with Gasteiger partial charge in [0.1, 0.15) is 0 Å². The minimum absolute atomic E-state index is 0.0160. The van der Waals surface area contributed by atoms with Crippen molar-refractivity contribution in [1.29, 1.82) is 0 Å². The van der Waals surface area contributed by atoms with Gasteiger partial charge in [0.25, 0.3) is 5.91 Å². The fourth-order valence-corrected chi connectivity index (χ4v) is 2.79. The van der Waals surface area contributed by atoms with Crippen molar-refractivity contribution in [3.05, 3.63) is 35.4 Å². The van der Waals surface area contributed by atoms with Crippen LogP contribution in [0.5, 0.6) is 0 Å². The molecule has 1 unspecified atom stereocenters. The molecular formula is C17H26N2O. The molecule has 1 fully saturated rings. The molecule has 20 heavy (non-hydrogen) atoms. The van der Waals surface area contributed by atoms with E-state index in [0.717, 1.165) is 5.56 Å². The standard InChI is InChI=1S/C17H26N2O/c1-13(18-2)12-19-17(20)16-10-8-15(9-11-16)14-6-4-3-5-7-14/h8-11,13-14,18H,3-7,12H2,1-2H3,(H,19,20). The van der Waals surface area contributed by atoms with Gasteiger partial charge in [-0.1, -0.05) is 31.4 Å². The van der Waals surface area contributed by atoms with Crippen LogP contribution < -0.4 is 10.6 Å². The number of nitrogens with one attached hydrogen (secondary N) is 2. The first-order chi connectivity index (χ1) is 9.70. The van der Waals surface area contributed by atoms with Gasteiger partial charge in [0, 0.05) is 18.2 Å². The molecule has 0 heterocycles. The molecule has 1 aliphatic rings. The molecule has 0 spiro atoms. The second-order valence-electron chi connectivity index (χ2n) is 5.86. The molecule has 0 saturated heterocycles. The van der Waals surface area contributed by atoms with Crippen molar-refractivity contribution in [2.75, 3.05) is 13.6 Å². The van der Waals surface area contributed by atoms with E-state index in [9.17, 15) is 4.79 Å². The Hall–Kier alpha value is -1.35. The van der Waals surface area contributed by atoms with Gasteiger partial charge in [0.2, 0.25) is 0 Å². The Kier molecular flexibility index (Phi) is 5.60. The number of hydrogen-bond acceptors (Lipinski definition) is 2. The van der Waals surface area contributed by atoms with Gasteiger partial charge in [-0.15, -0.1) is 0 Å². The van der Waals surface area contributed by atoms with E-state index in [2.05, 4.69) is 22.8 Å².